The molecule has 0 radical (unpaired) electrons. The molecule has 18 heavy (non-hydrogen) atoms. The summed E-state index contributed by atoms with van der Waals surface area (Å²) in [5, 5.41) is 1.87. The van der Waals surface area contributed by atoms with E-state index in [4.69, 9.17) is 0 Å². The summed E-state index contributed by atoms with van der Waals surface area (Å²) in [6, 6.07) is 1.85. The molecule has 0 saturated carbocycles. The summed E-state index contributed by atoms with van der Waals surface area (Å²) < 4.78 is 40.6. The highest BCUT2D eigenvalue weighted by Gasteiger charge is 2.28. The number of carbonyl (C=O) groups is 1. The van der Waals surface area contributed by atoms with Gasteiger partial charge in [0.1, 0.15) is 13.2 Å². The molecule has 0 unspecified atom stereocenters. The quantitative estimate of drug-likeness (QED) is 0.820. The van der Waals surface area contributed by atoms with Gasteiger partial charge in [0.15, 0.2) is 0 Å². The Morgan fingerprint density at radius 1 is 1.56 bits per heavy atom. The molecule has 0 N–H and O–H groups in total. The molecule has 0 aromatic carbocycles. The maximum Gasteiger partial charge on any atom is 0.411 e. The first-order chi connectivity index (χ1) is 8.28. The van der Waals surface area contributed by atoms with Gasteiger partial charge in [0.2, 0.25) is 5.91 Å². The van der Waals surface area contributed by atoms with E-state index >= 15 is 0 Å². The van der Waals surface area contributed by atoms with Crippen LogP contribution in [0.5, 0.6) is 0 Å². The standard InChI is InChI=1S/C10H11BrF3NO2S/c1-15(3-7-2-8(11)18-5-7)9(16)4-17-6-10(12,13)14/h2,5H,3-4,6H2,1H3. The highest BCUT2D eigenvalue weighted by atomic mass is 79.9. The maximum atomic E-state index is 11.8. The average Bonchev–Trinajstić information content (AvgIpc) is 2.61. The number of rotatable bonds is 5. The molecule has 102 valence electrons. The van der Waals surface area contributed by atoms with Crippen LogP contribution in [0, 0.1) is 0 Å². The van der Waals surface area contributed by atoms with Gasteiger partial charge in [-0.3, -0.25) is 4.79 Å². The van der Waals surface area contributed by atoms with Crippen LogP contribution in [0.3, 0.4) is 0 Å². The van der Waals surface area contributed by atoms with Crippen molar-refractivity contribution in [2.24, 2.45) is 0 Å². The lowest BCUT2D eigenvalue weighted by Crippen LogP contribution is -2.31. The number of amides is 1. The van der Waals surface area contributed by atoms with E-state index in [9.17, 15) is 18.0 Å². The van der Waals surface area contributed by atoms with E-state index in [0.29, 0.717) is 6.54 Å². The molecule has 1 aromatic rings. The van der Waals surface area contributed by atoms with E-state index in [1.165, 1.54) is 23.3 Å². The Labute approximate surface area is 115 Å². The van der Waals surface area contributed by atoms with Crippen molar-refractivity contribution in [1.82, 2.24) is 4.90 Å². The lowest BCUT2D eigenvalue weighted by Gasteiger charge is -2.16. The largest absolute Gasteiger partial charge is 0.411 e. The number of hydrogen-bond acceptors (Lipinski definition) is 3. The number of halogens is 4. The van der Waals surface area contributed by atoms with Crippen molar-refractivity contribution in [2.45, 2.75) is 12.7 Å². The van der Waals surface area contributed by atoms with Gasteiger partial charge in [-0.2, -0.15) is 13.2 Å². The number of thiophene rings is 1. The highest BCUT2D eigenvalue weighted by Crippen LogP contribution is 2.21. The second kappa shape index (κ2) is 6.53. The summed E-state index contributed by atoms with van der Waals surface area (Å²) in [7, 11) is 1.52. The minimum Gasteiger partial charge on any atom is -0.362 e. The maximum absolute atomic E-state index is 11.8. The molecule has 0 aliphatic rings. The number of hydrogen-bond donors (Lipinski definition) is 0. The van der Waals surface area contributed by atoms with Crippen molar-refractivity contribution in [3.8, 4) is 0 Å². The van der Waals surface area contributed by atoms with Crippen molar-refractivity contribution in [1.29, 1.82) is 0 Å². The van der Waals surface area contributed by atoms with Gasteiger partial charge in [-0.1, -0.05) is 0 Å². The average molecular weight is 346 g/mol. The third-order valence-corrected chi connectivity index (χ3v) is 3.51. The van der Waals surface area contributed by atoms with E-state index in [-0.39, 0.29) is 0 Å². The molecular formula is C10H11BrF3NO2S. The van der Waals surface area contributed by atoms with Crippen molar-refractivity contribution >= 4 is 33.2 Å². The monoisotopic (exact) mass is 345 g/mol. The van der Waals surface area contributed by atoms with Crippen molar-refractivity contribution in [2.75, 3.05) is 20.3 Å². The van der Waals surface area contributed by atoms with Gasteiger partial charge in [0.05, 0.1) is 3.79 Å². The minimum atomic E-state index is -4.41. The first kappa shape index (κ1) is 15.5. The van der Waals surface area contributed by atoms with Crippen LogP contribution in [-0.4, -0.2) is 37.2 Å². The van der Waals surface area contributed by atoms with Crippen molar-refractivity contribution in [3.63, 3.8) is 0 Å². The number of likely N-dealkylation sites (N-methyl/N-ethyl adjacent to an activating group) is 1. The molecule has 0 aliphatic heterocycles. The van der Waals surface area contributed by atoms with E-state index < -0.39 is 25.3 Å². The zero-order valence-corrected chi connectivity index (χ0v) is 11.9. The Morgan fingerprint density at radius 2 is 2.22 bits per heavy atom. The van der Waals surface area contributed by atoms with Crippen molar-refractivity contribution < 1.29 is 22.7 Å². The smallest absolute Gasteiger partial charge is 0.362 e. The molecule has 0 bridgehead atoms. The van der Waals surface area contributed by atoms with Crippen LogP contribution < -0.4 is 0 Å². The summed E-state index contributed by atoms with van der Waals surface area (Å²) in [5.74, 6) is -0.485. The third-order valence-electron chi connectivity index (χ3n) is 1.96. The third kappa shape index (κ3) is 5.83. The van der Waals surface area contributed by atoms with Gasteiger partial charge in [-0.15, -0.1) is 11.3 Å². The SMILES string of the molecule is CN(Cc1csc(Br)c1)C(=O)COCC(F)(F)F. The first-order valence-corrected chi connectivity index (χ1v) is 6.56. The molecule has 3 nitrogen and oxygen atoms in total. The normalized spacial score (nSPS) is 11.6. The fourth-order valence-electron chi connectivity index (χ4n) is 1.15. The number of alkyl halides is 3. The zero-order chi connectivity index (χ0) is 13.8. The second-order valence-corrected chi connectivity index (χ2v) is 5.91. The summed E-state index contributed by atoms with van der Waals surface area (Å²) in [5.41, 5.74) is 0.915. The van der Waals surface area contributed by atoms with Gasteiger partial charge in [-0.05, 0) is 32.9 Å². The number of ether oxygens (including phenoxy) is 1. The van der Waals surface area contributed by atoms with Crippen LogP contribution in [-0.2, 0) is 16.1 Å². The van der Waals surface area contributed by atoms with E-state index in [1.807, 2.05) is 11.4 Å². The fourth-order valence-corrected chi connectivity index (χ4v) is 2.36. The van der Waals surface area contributed by atoms with E-state index in [1.54, 1.807) is 0 Å². The van der Waals surface area contributed by atoms with Crippen LogP contribution >= 0.6 is 27.3 Å². The molecule has 0 aliphatic carbocycles. The predicted octanol–water partition coefficient (Wildman–Crippen LogP) is 3.05. The van der Waals surface area contributed by atoms with Crippen LogP contribution in [0.4, 0.5) is 13.2 Å². The summed E-state index contributed by atoms with van der Waals surface area (Å²) >= 11 is 4.77. The van der Waals surface area contributed by atoms with Gasteiger partial charge in [0, 0.05) is 13.6 Å². The molecule has 1 heterocycles. The first-order valence-electron chi connectivity index (χ1n) is 4.89. The van der Waals surface area contributed by atoms with Crippen LogP contribution in [0.1, 0.15) is 5.56 Å². The van der Waals surface area contributed by atoms with Crippen LogP contribution in [0.25, 0.3) is 0 Å². The Hall–Kier alpha value is -0.600. The van der Waals surface area contributed by atoms with Gasteiger partial charge >= 0.3 is 6.18 Å². The lowest BCUT2D eigenvalue weighted by atomic mass is 10.3. The minimum absolute atomic E-state index is 0.344. The molecule has 0 fully saturated rings. The molecule has 8 heteroatoms. The van der Waals surface area contributed by atoms with E-state index in [0.717, 1.165) is 9.35 Å². The molecular weight excluding hydrogens is 335 g/mol. The summed E-state index contributed by atoms with van der Waals surface area (Å²) in [6.45, 7) is -1.63. The number of nitrogens with zero attached hydrogens (tertiary/aromatic N) is 1. The van der Waals surface area contributed by atoms with E-state index in [2.05, 4.69) is 20.7 Å². The lowest BCUT2D eigenvalue weighted by molar-refractivity contribution is -0.177. The number of carbonyl (C=O) groups excluding carboxylic acids is 1. The summed E-state index contributed by atoms with van der Waals surface area (Å²) in [4.78, 5) is 12.8. The Kier molecular flexibility index (Phi) is 5.61. The van der Waals surface area contributed by atoms with Gasteiger partial charge in [0.25, 0.3) is 0 Å². The summed E-state index contributed by atoms with van der Waals surface area (Å²) in [6.07, 6.45) is -4.41. The second-order valence-electron chi connectivity index (χ2n) is 3.62. The van der Waals surface area contributed by atoms with Crippen molar-refractivity contribution in [3.05, 3.63) is 20.8 Å². The topological polar surface area (TPSA) is 29.5 Å². The predicted molar refractivity (Wildman–Crippen MR) is 65.4 cm³/mol. The Morgan fingerprint density at radius 3 is 2.72 bits per heavy atom. The Bertz CT molecular complexity index is 408. The van der Waals surface area contributed by atoms with Gasteiger partial charge in [-0.25, -0.2) is 0 Å². The highest BCUT2D eigenvalue weighted by molar-refractivity contribution is 9.11. The molecule has 1 aromatic heterocycles. The van der Waals surface area contributed by atoms with Gasteiger partial charge < -0.3 is 9.64 Å². The zero-order valence-electron chi connectivity index (χ0n) is 9.46. The molecule has 0 atom stereocenters. The van der Waals surface area contributed by atoms with Crippen LogP contribution in [0.15, 0.2) is 15.2 Å². The molecule has 0 saturated heterocycles. The molecule has 1 rings (SSSR count). The Balaban J connectivity index is 2.33. The molecule has 1 amide bonds. The van der Waals surface area contributed by atoms with Crippen LogP contribution in [0.2, 0.25) is 0 Å². The molecule has 0 spiro atoms. The fraction of sp³-hybridized carbons (Fsp3) is 0.500.